The zero-order valence-electron chi connectivity index (χ0n) is 7.50. The van der Waals surface area contributed by atoms with Gasteiger partial charge >= 0.3 is 5.97 Å². The fraction of sp³-hybridized carbons (Fsp3) is 0.750. The van der Waals surface area contributed by atoms with Gasteiger partial charge in [0.1, 0.15) is 6.29 Å². The molecule has 0 fully saturated rings. The number of carbonyl (C=O) groups excluding carboxylic acids is 2. The van der Waals surface area contributed by atoms with E-state index in [0.717, 1.165) is 0 Å². The van der Waals surface area contributed by atoms with Gasteiger partial charge in [0.15, 0.2) is 0 Å². The van der Waals surface area contributed by atoms with E-state index in [1.54, 1.807) is 0 Å². The van der Waals surface area contributed by atoms with Crippen LogP contribution in [-0.4, -0.2) is 18.8 Å². The van der Waals surface area contributed by atoms with Gasteiger partial charge in [-0.25, -0.2) is 0 Å². The summed E-state index contributed by atoms with van der Waals surface area (Å²) in [5.41, 5.74) is 2.53. The molecule has 70 valence electrons. The van der Waals surface area contributed by atoms with Crippen LogP contribution in [0.15, 0.2) is 0 Å². The minimum Gasteiger partial charge on any atom is -0.371 e. The van der Waals surface area contributed by atoms with Gasteiger partial charge < -0.3 is 9.63 Å². The number of aldehydes is 1. The van der Waals surface area contributed by atoms with Gasteiger partial charge in [-0.3, -0.25) is 4.79 Å². The molecule has 0 heterocycles. The Balaban J connectivity index is 3.25. The van der Waals surface area contributed by atoms with Gasteiger partial charge in [-0.05, 0) is 5.92 Å². The summed E-state index contributed by atoms with van der Waals surface area (Å²) in [6, 6.07) is 0. The molecule has 4 nitrogen and oxygen atoms in total. The van der Waals surface area contributed by atoms with E-state index >= 15 is 0 Å². The van der Waals surface area contributed by atoms with Gasteiger partial charge in [0.2, 0.25) is 0 Å². The van der Waals surface area contributed by atoms with E-state index in [0.29, 0.717) is 18.7 Å². The summed E-state index contributed by atoms with van der Waals surface area (Å²) in [5.74, 6) is 0.0478. The minimum absolute atomic E-state index is 0.147. The topological polar surface area (TPSA) is 55.4 Å². The molecular weight excluding hydrogens is 158 g/mol. The van der Waals surface area contributed by atoms with Crippen molar-refractivity contribution in [3.63, 3.8) is 0 Å². The van der Waals surface area contributed by atoms with Crippen LogP contribution in [0.25, 0.3) is 0 Å². The molecule has 0 aromatic rings. The first kappa shape index (κ1) is 11.1. The SMILES string of the molecule is CC(C)CNOC(=O)CCC=O. The number of hydroxylamine groups is 1. The Morgan fingerprint density at radius 2 is 2.25 bits per heavy atom. The van der Waals surface area contributed by atoms with Crippen LogP contribution in [0.5, 0.6) is 0 Å². The van der Waals surface area contributed by atoms with E-state index in [2.05, 4.69) is 10.3 Å². The first-order valence-electron chi connectivity index (χ1n) is 4.03. The lowest BCUT2D eigenvalue weighted by Gasteiger charge is -2.06. The highest BCUT2D eigenvalue weighted by molar-refractivity contribution is 5.72. The summed E-state index contributed by atoms with van der Waals surface area (Å²) in [6.45, 7) is 4.64. The summed E-state index contributed by atoms with van der Waals surface area (Å²) in [5, 5.41) is 0. The molecule has 0 aromatic heterocycles. The zero-order valence-corrected chi connectivity index (χ0v) is 7.50. The average molecular weight is 173 g/mol. The summed E-state index contributed by atoms with van der Waals surface area (Å²) in [7, 11) is 0. The Morgan fingerprint density at radius 1 is 1.58 bits per heavy atom. The van der Waals surface area contributed by atoms with Gasteiger partial charge in [-0.1, -0.05) is 13.8 Å². The molecule has 0 aliphatic rings. The van der Waals surface area contributed by atoms with Crippen molar-refractivity contribution in [2.75, 3.05) is 6.54 Å². The van der Waals surface area contributed by atoms with Crippen molar-refractivity contribution >= 4 is 12.3 Å². The maximum absolute atomic E-state index is 10.7. The van der Waals surface area contributed by atoms with E-state index in [1.807, 2.05) is 13.8 Å². The molecule has 0 aliphatic heterocycles. The minimum atomic E-state index is -0.386. The van der Waals surface area contributed by atoms with Crippen LogP contribution in [0, 0.1) is 5.92 Å². The molecule has 0 unspecified atom stereocenters. The predicted octanol–water partition coefficient (Wildman–Crippen LogP) is 0.669. The summed E-state index contributed by atoms with van der Waals surface area (Å²) in [6.07, 6.45) is 1.07. The van der Waals surface area contributed by atoms with Crippen molar-refractivity contribution in [2.24, 2.45) is 5.92 Å². The van der Waals surface area contributed by atoms with Gasteiger partial charge in [-0.2, -0.15) is 5.48 Å². The largest absolute Gasteiger partial charge is 0.371 e. The van der Waals surface area contributed by atoms with Crippen LogP contribution in [-0.2, 0) is 14.4 Å². The fourth-order valence-electron chi connectivity index (χ4n) is 0.517. The maximum Gasteiger partial charge on any atom is 0.325 e. The van der Waals surface area contributed by atoms with Gasteiger partial charge in [0.25, 0.3) is 0 Å². The number of carbonyl (C=O) groups is 2. The van der Waals surface area contributed by atoms with E-state index in [-0.39, 0.29) is 18.8 Å². The molecule has 0 rings (SSSR count). The van der Waals surface area contributed by atoms with Crippen molar-refractivity contribution in [1.29, 1.82) is 0 Å². The molecule has 0 bridgehead atoms. The van der Waals surface area contributed by atoms with E-state index in [1.165, 1.54) is 0 Å². The molecule has 0 aromatic carbocycles. The lowest BCUT2D eigenvalue weighted by Crippen LogP contribution is -2.23. The third-order valence-corrected chi connectivity index (χ3v) is 1.14. The Bertz CT molecular complexity index is 145. The molecule has 0 amide bonds. The van der Waals surface area contributed by atoms with Crippen LogP contribution in [0.1, 0.15) is 26.7 Å². The molecule has 0 aliphatic carbocycles. The summed E-state index contributed by atoms with van der Waals surface area (Å²) in [4.78, 5) is 25.2. The molecule has 12 heavy (non-hydrogen) atoms. The van der Waals surface area contributed by atoms with Crippen molar-refractivity contribution in [3.8, 4) is 0 Å². The van der Waals surface area contributed by atoms with Crippen LogP contribution < -0.4 is 5.48 Å². The highest BCUT2D eigenvalue weighted by atomic mass is 16.7. The normalized spacial score (nSPS) is 9.92. The Morgan fingerprint density at radius 3 is 2.75 bits per heavy atom. The second kappa shape index (κ2) is 6.79. The number of hydrogen-bond acceptors (Lipinski definition) is 4. The number of nitrogens with one attached hydrogen (secondary N) is 1. The first-order chi connectivity index (χ1) is 5.66. The number of rotatable bonds is 6. The maximum atomic E-state index is 10.7. The molecule has 0 spiro atoms. The smallest absolute Gasteiger partial charge is 0.325 e. The molecule has 0 atom stereocenters. The molecule has 0 radical (unpaired) electrons. The lowest BCUT2D eigenvalue weighted by atomic mass is 10.2. The quantitative estimate of drug-likeness (QED) is 0.474. The van der Waals surface area contributed by atoms with Crippen molar-refractivity contribution < 1.29 is 14.4 Å². The Hall–Kier alpha value is -0.900. The van der Waals surface area contributed by atoms with Gasteiger partial charge in [0, 0.05) is 13.0 Å². The zero-order chi connectivity index (χ0) is 9.40. The second-order valence-corrected chi connectivity index (χ2v) is 2.92. The fourth-order valence-corrected chi connectivity index (χ4v) is 0.517. The van der Waals surface area contributed by atoms with Gasteiger partial charge in [0.05, 0.1) is 6.42 Å². The molecule has 1 N–H and O–H groups in total. The lowest BCUT2D eigenvalue weighted by molar-refractivity contribution is -0.151. The highest BCUT2D eigenvalue weighted by Crippen LogP contribution is 1.90. The second-order valence-electron chi connectivity index (χ2n) is 2.92. The predicted molar refractivity (Wildman–Crippen MR) is 44.2 cm³/mol. The molecule has 0 saturated carbocycles. The Kier molecular flexibility index (Phi) is 6.28. The van der Waals surface area contributed by atoms with Crippen LogP contribution in [0.3, 0.4) is 0 Å². The van der Waals surface area contributed by atoms with Crippen molar-refractivity contribution in [2.45, 2.75) is 26.7 Å². The molecule has 0 saturated heterocycles. The van der Waals surface area contributed by atoms with Crippen LogP contribution >= 0.6 is 0 Å². The monoisotopic (exact) mass is 173 g/mol. The molecule has 4 heteroatoms. The third kappa shape index (κ3) is 7.21. The Labute approximate surface area is 72.2 Å². The van der Waals surface area contributed by atoms with E-state index < -0.39 is 0 Å². The third-order valence-electron chi connectivity index (χ3n) is 1.14. The van der Waals surface area contributed by atoms with Crippen LogP contribution in [0.2, 0.25) is 0 Å². The van der Waals surface area contributed by atoms with E-state index in [4.69, 9.17) is 0 Å². The first-order valence-corrected chi connectivity index (χ1v) is 4.03. The molecular formula is C8H15NO3. The standard InChI is InChI=1S/C8H15NO3/c1-7(2)6-9-12-8(11)4-3-5-10/h5,7,9H,3-4,6H2,1-2H3. The van der Waals surface area contributed by atoms with Crippen molar-refractivity contribution in [3.05, 3.63) is 0 Å². The van der Waals surface area contributed by atoms with Gasteiger partial charge in [-0.15, -0.1) is 0 Å². The number of hydrogen-bond donors (Lipinski definition) is 1. The van der Waals surface area contributed by atoms with Crippen molar-refractivity contribution in [1.82, 2.24) is 5.48 Å². The van der Waals surface area contributed by atoms with Crippen LogP contribution in [0.4, 0.5) is 0 Å². The van der Waals surface area contributed by atoms with E-state index in [9.17, 15) is 9.59 Å². The summed E-state index contributed by atoms with van der Waals surface area (Å²) < 4.78 is 0. The highest BCUT2D eigenvalue weighted by Gasteiger charge is 2.01. The summed E-state index contributed by atoms with van der Waals surface area (Å²) >= 11 is 0. The average Bonchev–Trinajstić information content (AvgIpc) is 2.00.